The Bertz CT molecular complexity index is 518. The molecule has 5 nitrogen and oxygen atoms in total. The molecule has 1 aliphatic rings. The lowest BCUT2D eigenvalue weighted by Crippen LogP contribution is -2.33. The molecule has 0 atom stereocenters. The Balaban J connectivity index is 1.90. The van der Waals surface area contributed by atoms with Gasteiger partial charge in [0.25, 0.3) is 0 Å². The molecule has 0 radical (unpaired) electrons. The summed E-state index contributed by atoms with van der Waals surface area (Å²) in [6.07, 6.45) is 1.35. The van der Waals surface area contributed by atoms with Crippen molar-refractivity contribution in [2.45, 2.75) is 36.7 Å². The summed E-state index contributed by atoms with van der Waals surface area (Å²) in [5.74, 6) is -0.660. The molecule has 108 valence electrons. The van der Waals surface area contributed by atoms with E-state index in [0.717, 1.165) is 11.3 Å². The number of hydrogen-bond donors (Lipinski definition) is 1. The molecule has 1 fully saturated rings. The van der Waals surface area contributed by atoms with Gasteiger partial charge in [0.1, 0.15) is 4.21 Å². The van der Waals surface area contributed by atoms with Crippen molar-refractivity contribution < 1.29 is 17.9 Å². The lowest BCUT2D eigenvalue weighted by atomic mass is 10.2. The number of thiophene rings is 1. The number of aryl methyl sites for hydroxylation is 1. The zero-order chi connectivity index (χ0) is 13.9. The molecule has 0 aliphatic carbocycles. The van der Waals surface area contributed by atoms with Crippen LogP contribution in [0, 0.1) is 0 Å². The van der Waals surface area contributed by atoms with Gasteiger partial charge >= 0.3 is 0 Å². The quantitative estimate of drug-likeness (QED) is 0.869. The fraction of sp³-hybridized carbons (Fsp3) is 0.667. The molecule has 0 saturated carbocycles. The van der Waals surface area contributed by atoms with Gasteiger partial charge in [-0.1, -0.05) is 6.92 Å². The number of rotatable bonds is 6. The van der Waals surface area contributed by atoms with Crippen LogP contribution in [0.5, 0.6) is 0 Å². The summed E-state index contributed by atoms with van der Waals surface area (Å²) in [5.41, 5.74) is 0. The summed E-state index contributed by atoms with van der Waals surface area (Å²) in [6, 6.07) is 3.50. The number of hydrogen-bond acceptors (Lipinski definition) is 5. The number of nitrogens with one attached hydrogen (secondary N) is 1. The molecule has 7 heteroatoms. The Hall–Kier alpha value is -0.470. The van der Waals surface area contributed by atoms with E-state index in [4.69, 9.17) is 9.47 Å². The fourth-order valence-corrected chi connectivity index (χ4v) is 4.25. The maximum absolute atomic E-state index is 12.1. The van der Waals surface area contributed by atoms with Gasteiger partial charge in [0.05, 0.1) is 13.2 Å². The molecule has 1 aromatic heterocycles. The second-order valence-corrected chi connectivity index (χ2v) is 7.71. The van der Waals surface area contributed by atoms with Crippen molar-refractivity contribution in [3.8, 4) is 0 Å². The Morgan fingerprint density at radius 2 is 2.05 bits per heavy atom. The number of sulfonamides is 1. The highest BCUT2D eigenvalue weighted by atomic mass is 32.2. The minimum Gasteiger partial charge on any atom is -0.348 e. The van der Waals surface area contributed by atoms with E-state index in [0.29, 0.717) is 30.4 Å². The topological polar surface area (TPSA) is 64.6 Å². The van der Waals surface area contributed by atoms with Crippen LogP contribution in [0.3, 0.4) is 0 Å². The second kappa shape index (κ2) is 5.88. The third kappa shape index (κ3) is 3.76. The summed E-state index contributed by atoms with van der Waals surface area (Å²) in [4.78, 5) is 1.06. The summed E-state index contributed by atoms with van der Waals surface area (Å²) in [5, 5.41) is 0. The molecule has 0 aromatic carbocycles. The molecule has 0 spiro atoms. The van der Waals surface area contributed by atoms with E-state index in [9.17, 15) is 8.42 Å². The summed E-state index contributed by atoms with van der Waals surface area (Å²) in [7, 11) is -3.41. The van der Waals surface area contributed by atoms with Crippen LogP contribution in [-0.2, 0) is 25.9 Å². The predicted molar refractivity (Wildman–Crippen MR) is 73.8 cm³/mol. The van der Waals surface area contributed by atoms with Crippen molar-refractivity contribution in [3.63, 3.8) is 0 Å². The molecule has 0 bridgehead atoms. The summed E-state index contributed by atoms with van der Waals surface area (Å²) in [6.45, 7) is 5.26. The zero-order valence-corrected chi connectivity index (χ0v) is 12.8. The normalized spacial score (nSPS) is 18.8. The van der Waals surface area contributed by atoms with Crippen molar-refractivity contribution in [3.05, 3.63) is 17.0 Å². The van der Waals surface area contributed by atoms with E-state index < -0.39 is 15.8 Å². The smallest absolute Gasteiger partial charge is 0.250 e. The van der Waals surface area contributed by atoms with Gasteiger partial charge in [-0.05, 0) is 25.5 Å². The Morgan fingerprint density at radius 1 is 1.37 bits per heavy atom. The highest BCUT2D eigenvalue weighted by molar-refractivity contribution is 7.91. The molecule has 0 unspecified atom stereocenters. The average Bonchev–Trinajstić information content (AvgIpc) is 2.98. The first-order valence-electron chi connectivity index (χ1n) is 6.31. The van der Waals surface area contributed by atoms with E-state index in [2.05, 4.69) is 4.72 Å². The minimum absolute atomic E-state index is 0.304. The lowest BCUT2D eigenvalue weighted by molar-refractivity contribution is -0.145. The molecule has 1 saturated heterocycles. The predicted octanol–water partition coefficient (Wildman–Crippen LogP) is 1.74. The second-order valence-electron chi connectivity index (χ2n) is 4.55. The molecule has 2 rings (SSSR count). The third-order valence-corrected chi connectivity index (χ3v) is 6.20. The molecule has 1 aromatic rings. The third-order valence-electron chi connectivity index (χ3n) is 3.02. The Kier molecular flexibility index (Phi) is 4.62. The van der Waals surface area contributed by atoms with Crippen LogP contribution in [-0.4, -0.2) is 34.0 Å². The molecule has 19 heavy (non-hydrogen) atoms. The van der Waals surface area contributed by atoms with Gasteiger partial charge in [-0.2, -0.15) is 0 Å². The van der Waals surface area contributed by atoms with Crippen molar-refractivity contribution in [2.24, 2.45) is 0 Å². The van der Waals surface area contributed by atoms with Gasteiger partial charge in [0.15, 0.2) is 5.79 Å². The summed E-state index contributed by atoms with van der Waals surface area (Å²) >= 11 is 1.31. The van der Waals surface area contributed by atoms with Crippen LogP contribution < -0.4 is 4.72 Å². The van der Waals surface area contributed by atoms with Gasteiger partial charge in [0, 0.05) is 17.8 Å². The molecular weight excluding hydrogens is 286 g/mol. The van der Waals surface area contributed by atoms with E-state index in [1.54, 1.807) is 6.07 Å². The van der Waals surface area contributed by atoms with E-state index in [1.807, 2.05) is 19.9 Å². The van der Waals surface area contributed by atoms with Gasteiger partial charge in [-0.25, -0.2) is 13.1 Å². The van der Waals surface area contributed by atoms with Crippen LogP contribution in [0.2, 0.25) is 0 Å². The molecular formula is C12H19NO4S2. The molecule has 0 amide bonds. The number of ether oxygens (including phenoxy) is 2. The van der Waals surface area contributed by atoms with Crippen molar-refractivity contribution in [1.29, 1.82) is 0 Å². The first-order chi connectivity index (χ1) is 8.95. The Morgan fingerprint density at radius 3 is 2.63 bits per heavy atom. The van der Waals surface area contributed by atoms with Crippen molar-refractivity contribution in [2.75, 3.05) is 19.8 Å². The van der Waals surface area contributed by atoms with Gasteiger partial charge < -0.3 is 9.47 Å². The van der Waals surface area contributed by atoms with Gasteiger partial charge in [0.2, 0.25) is 10.0 Å². The zero-order valence-electron chi connectivity index (χ0n) is 11.1. The lowest BCUT2D eigenvalue weighted by Gasteiger charge is -2.21. The molecule has 1 aliphatic heterocycles. The van der Waals surface area contributed by atoms with Crippen molar-refractivity contribution >= 4 is 21.4 Å². The molecule has 2 heterocycles. The summed E-state index contributed by atoms with van der Waals surface area (Å²) < 4.78 is 37.9. The van der Waals surface area contributed by atoms with E-state index >= 15 is 0 Å². The SMILES string of the molecule is CCc1ccc(S(=O)(=O)NCCC2(C)OCCO2)s1. The maximum Gasteiger partial charge on any atom is 0.250 e. The first-order valence-corrected chi connectivity index (χ1v) is 8.61. The van der Waals surface area contributed by atoms with E-state index in [1.165, 1.54) is 11.3 Å². The average molecular weight is 305 g/mol. The Labute approximate surface area is 118 Å². The van der Waals surface area contributed by atoms with Crippen LogP contribution in [0.1, 0.15) is 25.1 Å². The monoisotopic (exact) mass is 305 g/mol. The molecule has 1 N–H and O–H groups in total. The van der Waals surface area contributed by atoms with Crippen LogP contribution in [0.15, 0.2) is 16.3 Å². The fourth-order valence-electron chi connectivity index (χ4n) is 1.88. The van der Waals surface area contributed by atoms with Crippen LogP contribution >= 0.6 is 11.3 Å². The van der Waals surface area contributed by atoms with Crippen LogP contribution in [0.25, 0.3) is 0 Å². The van der Waals surface area contributed by atoms with E-state index in [-0.39, 0.29) is 0 Å². The van der Waals surface area contributed by atoms with Crippen LogP contribution in [0.4, 0.5) is 0 Å². The maximum atomic E-state index is 12.1. The minimum atomic E-state index is -3.41. The van der Waals surface area contributed by atoms with Crippen molar-refractivity contribution in [1.82, 2.24) is 4.72 Å². The first kappa shape index (κ1) is 14.9. The standard InChI is InChI=1S/C12H19NO4S2/c1-3-10-4-5-11(18-10)19(14,15)13-7-6-12(2)16-8-9-17-12/h4-5,13H,3,6-9H2,1-2H3. The highest BCUT2D eigenvalue weighted by Crippen LogP contribution is 2.24. The largest absolute Gasteiger partial charge is 0.348 e. The van der Waals surface area contributed by atoms with Gasteiger partial charge in [-0.3, -0.25) is 0 Å². The van der Waals surface area contributed by atoms with Gasteiger partial charge in [-0.15, -0.1) is 11.3 Å². The highest BCUT2D eigenvalue weighted by Gasteiger charge is 2.31.